The van der Waals surface area contributed by atoms with Gasteiger partial charge in [-0.25, -0.2) is 0 Å². The van der Waals surface area contributed by atoms with E-state index in [-0.39, 0.29) is 11.8 Å². The van der Waals surface area contributed by atoms with Crippen LogP contribution in [0, 0.1) is 0 Å². The SMILES string of the molecule is CCCN1C(=O)/C(=C2\SC(=S)N(CCOC)C2=O)c2cc(Br)ccc21. The zero-order chi connectivity index (χ0) is 18.1. The van der Waals surface area contributed by atoms with Crippen molar-refractivity contribution in [2.24, 2.45) is 0 Å². The van der Waals surface area contributed by atoms with Gasteiger partial charge in [0.05, 0.1) is 29.3 Å². The summed E-state index contributed by atoms with van der Waals surface area (Å²) in [6.45, 7) is 3.41. The molecule has 1 fully saturated rings. The van der Waals surface area contributed by atoms with Crippen LogP contribution < -0.4 is 4.90 Å². The van der Waals surface area contributed by atoms with Gasteiger partial charge in [-0.15, -0.1) is 0 Å². The molecule has 2 heterocycles. The van der Waals surface area contributed by atoms with E-state index in [4.69, 9.17) is 17.0 Å². The Labute approximate surface area is 164 Å². The Morgan fingerprint density at radius 1 is 1.20 bits per heavy atom. The number of anilines is 1. The van der Waals surface area contributed by atoms with E-state index in [1.165, 1.54) is 16.7 Å². The van der Waals surface area contributed by atoms with Gasteiger partial charge >= 0.3 is 0 Å². The number of fused-ring (bicyclic) bond motifs is 1. The summed E-state index contributed by atoms with van der Waals surface area (Å²) < 4.78 is 6.37. The van der Waals surface area contributed by atoms with Crippen molar-refractivity contribution in [1.29, 1.82) is 0 Å². The topological polar surface area (TPSA) is 49.9 Å². The number of halogens is 1. The summed E-state index contributed by atoms with van der Waals surface area (Å²) in [5, 5.41) is 0. The number of rotatable bonds is 5. The first-order valence-corrected chi connectivity index (χ1v) is 9.90. The number of hydrogen-bond acceptors (Lipinski definition) is 5. The molecule has 2 aliphatic heterocycles. The van der Waals surface area contributed by atoms with Crippen LogP contribution in [0.4, 0.5) is 5.69 Å². The highest BCUT2D eigenvalue weighted by atomic mass is 79.9. The maximum Gasteiger partial charge on any atom is 0.267 e. The summed E-state index contributed by atoms with van der Waals surface area (Å²) in [6, 6.07) is 5.70. The number of ether oxygens (including phenoxy) is 1. The molecule has 132 valence electrons. The van der Waals surface area contributed by atoms with Crippen molar-refractivity contribution in [2.45, 2.75) is 13.3 Å². The fourth-order valence-corrected chi connectivity index (χ4v) is 4.63. The molecule has 0 bridgehead atoms. The monoisotopic (exact) mass is 440 g/mol. The average molecular weight is 441 g/mol. The predicted molar refractivity (Wildman–Crippen MR) is 107 cm³/mol. The van der Waals surface area contributed by atoms with Crippen LogP contribution in [-0.2, 0) is 14.3 Å². The van der Waals surface area contributed by atoms with Gasteiger partial charge < -0.3 is 9.64 Å². The molecule has 2 amide bonds. The summed E-state index contributed by atoms with van der Waals surface area (Å²) >= 11 is 9.98. The number of benzene rings is 1. The zero-order valence-corrected chi connectivity index (χ0v) is 17.1. The number of thioether (sulfide) groups is 1. The molecule has 0 radical (unpaired) electrons. The lowest BCUT2D eigenvalue weighted by Gasteiger charge is -2.15. The Balaban J connectivity index is 2.09. The summed E-state index contributed by atoms with van der Waals surface area (Å²) in [4.78, 5) is 29.5. The zero-order valence-electron chi connectivity index (χ0n) is 13.9. The first-order chi connectivity index (χ1) is 12.0. The standard InChI is InChI=1S/C17H17BrN2O3S2/c1-3-6-19-12-5-4-10(18)9-11(12)13(15(19)21)14-16(22)20(7-8-23-2)17(24)25-14/h4-5,9H,3,6-8H2,1-2H3/b14-13-. The molecule has 0 aliphatic carbocycles. The molecule has 3 rings (SSSR count). The molecule has 5 nitrogen and oxygen atoms in total. The number of carbonyl (C=O) groups is 2. The lowest BCUT2D eigenvalue weighted by molar-refractivity contribution is -0.123. The summed E-state index contributed by atoms with van der Waals surface area (Å²) in [5.41, 5.74) is 2.06. The van der Waals surface area contributed by atoms with Crippen LogP contribution in [0.25, 0.3) is 5.57 Å². The largest absolute Gasteiger partial charge is 0.383 e. The Morgan fingerprint density at radius 2 is 1.96 bits per heavy atom. The second-order valence-corrected chi connectivity index (χ2v) is 8.20. The third-order valence-electron chi connectivity index (χ3n) is 4.02. The van der Waals surface area contributed by atoms with Gasteiger partial charge in [-0.1, -0.05) is 46.8 Å². The molecule has 0 spiro atoms. The molecule has 1 aromatic carbocycles. The normalized spacial score (nSPS) is 20.0. The molecule has 25 heavy (non-hydrogen) atoms. The van der Waals surface area contributed by atoms with Gasteiger partial charge in [0.25, 0.3) is 11.8 Å². The summed E-state index contributed by atoms with van der Waals surface area (Å²) in [6.07, 6.45) is 0.837. The van der Waals surface area contributed by atoms with Crippen molar-refractivity contribution in [1.82, 2.24) is 4.90 Å². The summed E-state index contributed by atoms with van der Waals surface area (Å²) in [5.74, 6) is -0.359. The predicted octanol–water partition coefficient (Wildman–Crippen LogP) is 3.42. The van der Waals surface area contributed by atoms with E-state index in [1.54, 1.807) is 12.0 Å². The Morgan fingerprint density at radius 3 is 2.64 bits per heavy atom. The van der Waals surface area contributed by atoms with Crippen LogP contribution >= 0.6 is 39.9 Å². The highest BCUT2D eigenvalue weighted by Gasteiger charge is 2.41. The Hall–Kier alpha value is -1.22. The third kappa shape index (κ3) is 3.28. The molecule has 1 aromatic rings. The lowest BCUT2D eigenvalue weighted by Crippen LogP contribution is -2.32. The van der Waals surface area contributed by atoms with Gasteiger partial charge in [0.15, 0.2) is 0 Å². The van der Waals surface area contributed by atoms with Crippen LogP contribution in [0.3, 0.4) is 0 Å². The van der Waals surface area contributed by atoms with E-state index in [9.17, 15) is 9.59 Å². The summed E-state index contributed by atoms with van der Waals surface area (Å²) in [7, 11) is 1.58. The minimum absolute atomic E-state index is 0.137. The smallest absolute Gasteiger partial charge is 0.267 e. The van der Waals surface area contributed by atoms with E-state index < -0.39 is 0 Å². The van der Waals surface area contributed by atoms with Crippen molar-refractivity contribution in [3.63, 3.8) is 0 Å². The number of carbonyl (C=O) groups excluding carboxylic acids is 2. The molecule has 0 saturated carbocycles. The van der Waals surface area contributed by atoms with Crippen molar-refractivity contribution < 1.29 is 14.3 Å². The molecule has 0 aromatic heterocycles. The third-order valence-corrected chi connectivity index (χ3v) is 5.96. The van der Waals surface area contributed by atoms with Gasteiger partial charge in [0, 0.05) is 23.7 Å². The minimum Gasteiger partial charge on any atom is -0.383 e. The van der Waals surface area contributed by atoms with Crippen LogP contribution in [-0.4, -0.2) is 47.8 Å². The average Bonchev–Trinajstić information content (AvgIpc) is 3.00. The number of thiocarbonyl (C=S) groups is 1. The van der Waals surface area contributed by atoms with Gasteiger partial charge in [-0.05, 0) is 24.6 Å². The van der Waals surface area contributed by atoms with Crippen molar-refractivity contribution in [3.05, 3.63) is 33.1 Å². The number of hydrogen-bond donors (Lipinski definition) is 0. The molecule has 0 unspecified atom stereocenters. The maximum absolute atomic E-state index is 13.0. The number of amides is 2. The lowest BCUT2D eigenvalue weighted by atomic mass is 10.1. The quantitative estimate of drug-likeness (QED) is 0.518. The van der Waals surface area contributed by atoms with Crippen LogP contribution in [0.2, 0.25) is 0 Å². The van der Waals surface area contributed by atoms with Gasteiger partial charge in [-0.3, -0.25) is 14.5 Å². The van der Waals surface area contributed by atoms with Crippen molar-refractivity contribution in [3.8, 4) is 0 Å². The molecule has 0 N–H and O–H groups in total. The van der Waals surface area contributed by atoms with E-state index in [2.05, 4.69) is 15.9 Å². The second kappa shape index (κ2) is 7.57. The Bertz CT molecular complexity index is 794. The van der Waals surface area contributed by atoms with E-state index in [0.29, 0.717) is 34.5 Å². The van der Waals surface area contributed by atoms with E-state index >= 15 is 0 Å². The second-order valence-electron chi connectivity index (χ2n) is 5.64. The Kier molecular flexibility index (Phi) is 5.62. The molecular formula is C17H17BrN2O3S2. The van der Waals surface area contributed by atoms with Crippen LogP contribution in [0.5, 0.6) is 0 Å². The van der Waals surface area contributed by atoms with Gasteiger partial charge in [-0.2, -0.15) is 0 Å². The first kappa shape index (κ1) is 18.6. The molecule has 1 saturated heterocycles. The fraction of sp³-hybridized carbons (Fsp3) is 0.353. The van der Waals surface area contributed by atoms with E-state index in [1.807, 2.05) is 25.1 Å². The molecule has 0 atom stereocenters. The highest BCUT2D eigenvalue weighted by molar-refractivity contribution is 9.10. The highest BCUT2D eigenvalue weighted by Crippen LogP contribution is 2.45. The molecule has 8 heteroatoms. The van der Waals surface area contributed by atoms with Gasteiger partial charge in [0.2, 0.25) is 0 Å². The van der Waals surface area contributed by atoms with Crippen LogP contribution in [0.1, 0.15) is 18.9 Å². The van der Waals surface area contributed by atoms with Crippen LogP contribution in [0.15, 0.2) is 27.6 Å². The number of methoxy groups -OCH3 is 1. The molecule has 2 aliphatic rings. The molecular weight excluding hydrogens is 424 g/mol. The minimum atomic E-state index is -0.223. The van der Waals surface area contributed by atoms with Crippen molar-refractivity contribution >= 4 is 67.3 Å². The fourth-order valence-electron chi connectivity index (χ4n) is 2.89. The van der Waals surface area contributed by atoms with E-state index in [0.717, 1.165) is 22.1 Å². The van der Waals surface area contributed by atoms with Crippen molar-refractivity contribution in [2.75, 3.05) is 31.7 Å². The maximum atomic E-state index is 13.0. The number of nitrogens with zero attached hydrogens (tertiary/aromatic N) is 2. The first-order valence-electron chi connectivity index (χ1n) is 7.88. The van der Waals surface area contributed by atoms with Gasteiger partial charge in [0.1, 0.15) is 4.32 Å².